The normalized spacial score (nSPS) is 10.4. The fraction of sp³-hybridized carbons (Fsp3) is 0.615. The lowest BCUT2D eigenvalue weighted by molar-refractivity contribution is 0.305. The predicted molar refractivity (Wildman–Crippen MR) is 66.6 cm³/mol. The number of unbranched alkanes of at least 4 members (excludes halogenated alkanes) is 2. The molecule has 0 unspecified atom stereocenters. The second-order valence-electron chi connectivity index (χ2n) is 3.82. The summed E-state index contributed by atoms with van der Waals surface area (Å²) < 4.78 is 5.58. The van der Waals surface area contributed by atoms with E-state index in [1.165, 1.54) is 12.8 Å². The van der Waals surface area contributed by atoms with Gasteiger partial charge in [-0.25, -0.2) is 0 Å². The molecule has 16 heavy (non-hydrogen) atoms. The zero-order valence-electron chi connectivity index (χ0n) is 10.3. The van der Waals surface area contributed by atoms with Gasteiger partial charge in [0.15, 0.2) is 0 Å². The lowest BCUT2D eigenvalue weighted by Crippen LogP contribution is -2.12. The highest BCUT2D eigenvalue weighted by atomic mass is 16.5. The monoisotopic (exact) mass is 222 g/mol. The molecule has 0 aliphatic heterocycles. The van der Waals surface area contributed by atoms with Crippen molar-refractivity contribution < 1.29 is 4.74 Å². The van der Waals surface area contributed by atoms with Gasteiger partial charge in [0.1, 0.15) is 5.75 Å². The van der Waals surface area contributed by atoms with Crippen LogP contribution in [-0.2, 0) is 6.54 Å². The van der Waals surface area contributed by atoms with Crippen LogP contribution in [-0.4, -0.2) is 18.1 Å². The minimum atomic E-state index is 0.794. The molecule has 0 radical (unpaired) electrons. The molecule has 0 spiro atoms. The molecule has 3 heteroatoms. The smallest absolute Gasteiger partial charge is 0.137 e. The fourth-order valence-electron chi connectivity index (χ4n) is 1.40. The van der Waals surface area contributed by atoms with E-state index in [9.17, 15) is 0 Å². The zero-order valence-corrected chi connectivity index (χ0v) is 10.3. The summed E-state index contributed by atoms with van der Waals surface area (Å²) >= 11 is 0. The Balaban J connectivity index is 2.27. The molecule has 0 atom stereocenters. The van der Waals surface area contributed by atoms with Gasteiger partial charge in [0, 0.05) is 6.54 Å². The summed E-state index contributed by atoms with van der Waals surface area (Å²) in [6.07, 6.45) is 5.38. The highest BCUT2D eigenvalue weighted by Crippen LogP contribution is 2.09. The van der Waals surface area contributed by atoms with Crippen molar-refractivity contribution in [3.63, 3.8) is 0 Å². The zero-order chi connectivity index (χ0) is 11.6. The number of pyridine rings is 1. The van der Waals surface area contributed by atoms with Crippen LogP contribution in [0.4, 0.5) is 0 Å². The molecule has 0 amide bonds. The summed E-state index contributed by atoms with van der Waals surface area (Å²) in [5, 5.41) is 3.24. The van der Waals surface area contributed by atoms with Gasteiger partial charge >= 0.3 is 0 Å². The molecule has 1 aromatic heterocycles. The van der Waals surface area contributed by atoms with E-state index < -0.39 is 0 Å². The maximum absolute atomic E-state index is 5.58. The van der Waals surface area contributed by atoms with Crippen molar-refractivity contribution >= 4 is 0 Å². The number of nitrogens with zero attached hydrogens (tertiary/aromatic N) is 1. The number of ether oxygens (including phenoxy) is 1. The Hall–Kier alpha value is -1.09. The van der Waals surface area contributed by atoms with Gasteiger partial charge in [0.2, 0.25) is 0 Å². The van der Waals surface area contributed by atoms with Gasteiger partial charge in [-0.1, -0.05) is 26.7 Å². The second kappa shape index (κ2) is 8.11. The number of hydrogen-bond donors (Lipinski definition) is 1. The maximum atomic E-state index is 5.58. The molecule has 1 heterocycles. The Bertz CT molecular complexity index is 272. The summed E-state index contributed by atoms with van der Waals surface area (Å²) in [7, 11) is 0. The van der Waals surface area contributed by atoms with Crippen molar-refractivity contribution in [2.45, 2.75) is 39.7 Å². The maximum Gasteiger partial charge on any atom is 0.137 e. The van der Waals surface area contributed by atoms with Crippen molar-refractivity contribution in [1.29, 1.82) is 0 Å². The molecule has 0 saturated heterocycles. The Labute approximate surface area is 98.2 Å². The Morgan fingerprint density at radius 1 is 1.25 bits per heavy atom. The van der Waals surface area contributed by atoms with Crippen LogP contribution >= 0.6 is 0 Å². The summed E-state index contributed by atoms with van der Waals surface area (Å²) in [6, 6.07) is 4.00. The molecular weight excluding hydrogens is 200 g/mol. The molecule has 0 aromatic carbocycles. The van der Waals surface area contributed by atoms with Gasteiger partial charge in [-0.2, -0.15) is 0 Å². The molecule has 0 saturated carbocycles. The third-order valence-corrected chi connectivity index (χ3v) is 2.37. The van der Waals surface area contributed by atoms with Gasteiger partial charge in [-0.3, -0.25) is 4.98 Å². The first kappa shape index (κ1) is 13.0. The fourth-order valence-corrected chi connectivity index (χ4v) is 1.40. The first-order valence-electron chi connectivity index (χ1n) is 6.15. The van der Waals surface area contributed by atoms with Gasteiger partial charge in [0.05, 0.1) is 18.5 Å². The summed E-state index contributed by atoms with van der Waals surface area (Å²) in [5.74, 6) is 0.872. The minimum Gasteiger partial charge on any atom is -0.492 e. The van der Waals surface area contributed by atoms with Crippen LogP contribution in [0.3, 0.4) is 0 Å². The van der Waals surface area contributed by atoms with Crippen LogP contribution in [0.25, 0.3) is 0 Å². The van der Waals surface area contributed by atoms with E-state index in [0.29, 0.717) is 0 Å². The molecule has 3 nitrogen and oxygen atoms in total. The van der Waals surface area contributed by atoms with Crippen molar-refractivity contribution in [1.82, 2.24) is 10.3 Å². The van der Waals surface area contributed by atoms with Gasteiger partial charge in [-0.15, -0.1) is 0 Å². The molecule has 0 bridgehead atoms. The minimum absolute atomic E-state index is 0.794. The Morgan fingerprint density at radius 3 is 2.75 bits per heavy atom. The molecule has 90 valence electrons. The van der Waals surface area contributed by atoms with Gasteiger partial charge in [-0.05, 0) is 25.1 Å². The van der Waals surface area contributed by atoms with Crippen molar-refractivity contribution in [3.8, 4) is 5.75 Å². The Kier molecular flexibility index (Phi) is 6.58. The van der Waals surface area contributed by atoms with Crippen LogP contribution < -0.4 is 10.1 Å². The third-order valence-electron chi connectivity index (χ3n) is 2.37. The van der Waals surface area contributed by atoms with E-state index in [1.807, 2.05) is 12.1 Å². The highest BCUT2D eigenvalue weighted by Gasteiger charge is 1.96. The van der Waals surface area contributed by atoms with Gasteiger partial charge < -0.3 is 10.1 Å². The lowest BCUT2D eigenvalue weighted by Gasteiger charge is -2.06. The second-order valence-corrected chi connectivity index (χ2v) is 3.82. The Morgan fingerprint density at radius 2 is 2.12 bits per heavy atom. The van der Waals surface area contributed by atoms with E-state index in [2.05, 4.69) is 24.1 Å². The van der Waals surface area contributed by atoms with E-state index in [0.717, 1.165) is 37.6 Å². The molecule has 0 aliphatic carbocycles. The largest absolute Gasteiger partial charge is 0.492 e. The lowest BCUT2D eigenvalue weighted by atomic mass is 10.3. The summed E-state index contributed by atoms with van der Waals surface area (Å²) in [4.78, 5) is 4.33. The molecule has 1 aromatic rings. The van der Waals surface area contributed by atoms with Crippen LogP contribution in [0.1, 0.15) is 38.8 Å². The van der Waals surface area contributed by atoms with E-state index in [1.54, 1.807) is 6.20 Å². The van der Waals surface area contributed by atoms with E-state index >= 15 is 0 Å². The number of aromatic nitrogens is 1. The van der Waals surface area contributed by atoms with Crippen molar-refractivity contribution in [3.05, 3.63) is 24.0 Å². The van der Waals surface area contributed by atoms with Gasteiger partial charge in [0.25, 0.3) is 0 Å². The number of hydrogen-bond acceptors (Lipinski definition) is 3. The average molecular weight is 222 g/mol. The first-order valence-corrected chi connectivity index (χ1v) is 6.15. The SMILES string of the molecule is CCCCCOc1ccc(CNCC)nc1. The molecule has 1 rings (SSSR count). The quantitative estimate of drug-likeness (QED) is 0.687. The van der Waals surface area contributed by atoms with Crippen molar-refractivity contribution in [2.24, 2.45) is 0 Å². The van der Waals surface area contributed by atoms with E-state index in [-0.39, 0.29) is 0 Å². The predicted octanol–water partition coefficient (Wildman–Crippen LogP) is 2.76. The van der Waals surface area contributed by atoms with Crippen LogP contribution in [0.15, 0.2) is 18.3 Å². The average Bonchev–Trinajstić information content (AvgIpc) is 2.33. The van der Waals surface area contributed by atoms with Crippen LogP contribution in [0.2, 0.25) is 0 Å². The van der Waals surface area contributed by atoms with Crippen LogP contribution in [0, 0.1) is 0 Å². The van der Waals surface area contributed by atoms with Crippen molar-refractivity contribution in [2.75, 3.05) is 13.2 Å². The summed E-state index contributed by atoms with van der Waals surface area (Å²) in [6.45, 7) is 6.87. The first-order chi connectivity index (χ1) is 7.86. The summed E-state index contributed by atoms with van der Waals surface area (Å²) in [5.41, 5.74) is 1.06. The van der Waals surface area contributed by atoms with Crippen LogP contribution in [0.5, 0.6) is 5.75 Å². The number of rotatable bonds is 8. The molecule has 0 aliphatic rings. The molecular formula is C13H22N2O. The number of nitrogens with one attached hydrogen (secondary N) is 1. The molecule has 0 fully saturated rings. The third kappa shape index (κ3) is 5.12. The molecule has 1 N–H and O–H groups in total. The van der Waals surface area contributed by atoms with E-state index in [4.69, 9.17) is 4.74 Å². The standard InChI is InChI=1S/C13H22N2O/c1-3-5-6-9-16-13-8-7-12(15-11-13)10-14-4-2/h7-8,11,14H,3-6,9-10H2,1-2H3. The highest BCUT2D eigenvalue weighted by molar-refractivity contribution is 5.19. The topological polar surface area (TPSA) is 34.1 Å².